The van der Waals surface area contributed by atoms with Crippen molar-refractivity contribution in [1.29, 1.82) is 0 Å². The molecule has 0 fully saturated rings. The molecule has 3 aromatic heterocycles. The lowest BCUT2D eigenvalue weighted by atomic mass is 10.4. The molecule has 0 aromatic carbocycles. The fourth-order valence-corrected chi connectivity index (χ4v) is 2.50. The van der Waals surface area contributed by atoms with E-state index in [0.717, 1.165) is 4.88 Å². The summed E-state index contributed by atoms with van der Waals surface area (Å²) in [7, 11) is 0. The van der Waals surface area contributed by atoms with Crippen molar-refractivity contribution in [2.45, 2.75) is 20.0 Å². The van der Waals surface area contributed by atoms with E-state index in [9.17, 15) is 4.79 Å². The van der Waals surface area contributed by atoms with Gasteiger partial charge in [-0.05, 0) is 24.4 Å². The number of carbonyl (C=O) groups is 1. The van der Waals surface area contributed by atoms with Gasteiger partial charge >= 0.3 is 0 Å². The minimum Gasteiger partial charge on any atom is -0.343 e. The molecule has 3 heterocycles. The molecule has 0 aliphatic rings. The number of amides is 1. The van der Waals surface area contributed by atoms with Crippen LogP contribution in [0, 0.1) is 0 Å². The van der Waals surface area contributed by atoms with Gasteiger partial charge in [0.05, 0.1) is 11.4 Å². The van der Waals surface area contributed by atoms with Crippen molar-refractivity contribution in [3.8, 4) is 10.8 Å². The summed E-state index contributed by atoms with van der Waals surface area (Å²) in [4.78, 5) is 17.2. The van der Waals surface area contributed by atoms with Crippen LogP contribution < -0.4 is 5.32 Å². The van der Waals surface area contributed by atoms with Gasteiger partial charge in [0.15, 0.2) is 5.82 Å². The van der Waals surface area contributed by atoms with Gasteiger partial charge < -0.3 is 9.84 Å². The Morgan fingerprint density at radius 1 is 1.48 bits per heavy atom. The first kappa shape index (κ1) is 13.5. The van der Waals surface area contributed by atoms with Crippen LogP contribution in [0.5, 0.6) is 0 Å². The Hall–Kier alpha value is -2.48. The summed E-state index contributed by atoms with van der Waals surface area (Å²) in [6, 6.07) is 5.49. The molecule has 108 valence electrons. The number of aromatic nitrogens is 4. The molecule has 1 N–H and O–H groups in total. The van der Waals surface area contributed by atoms with E-state index in [1.807, 2.05) is 24.4 Å². The van der Waals surface area contributed by atoms with Gasteiger partial charge in [0.25, 0.3) is 11.8 Å². The summed E-state index contributed by atoms with van der Waals surface area (Å²) in [5, 5.41) is 12.6. The van der Waals surface area contributed by atoms with E-state index in [1.165, 1.54) is 11.3 Å². The molecule has 0 aliphatic carbocycles. The highest BCUT2D eigenvalue weighted by atomic mass is 32.1. The fourth-order valence-electron chi connectivity index (χ4n) is 1.85. The van der Waals surface area contributed by atoms with E-state index < -0.39 is 0 Å². The predicted molar refractivity (Wildman–Crippen MR) is 76.7 cm³/mol. The lowest BCUT2D eigenvalue weighted by Gasteiger charge is -2.04. The number of nitrogens with zero attached hydrogens (tertiary/aromatic N) is 4. The lowest BCUT2D eigenvalue weighted by molar-refractivity contribution is 0.0939. The Kier molecular flexibility index (Phi) is 3.78. The van der Waals surface area contributed by atoms with E-state index in [-0.39, 0.29) is 12.5 Å². The summed E-state index contributed by atoms with van der Waals surface area (Å²) in [6.45, 7) is 2.78. The van der Waals surface area contributed by atoms with Gasteiger partial charge in [0, 0.05) is 12.7 Å². The lowest BCUT2D eigenvalue weighted by Crippen LogP contribution is -2.26. The summed E-state index contributed by atoms with van der Waals surface area (Å²) in [5.41, 5.74) is 0.513. The smallest absolute Gasteiger partial charge is 0.269 e. The Balaban J connectivity index is 1.64. The van der Waals surface area contributed by atoms with E-state index >= 15 is 0 Å². The van der Waals surface area contributed by atoms with Crippen molar-refractivity contribution in [2.24, 2.45) is 0 Å². The minimum absolute atomic E-state index is 0.211. The van der Waals surface area contributed by atoms with Crippen molar-refractivity contribution in [3.05, 3.63) is 41.3 Å². The molecule has 0 bridgehead atoms. The molecule has 0 saturated heterocycles. The molecule has 1 amide bonds. The standard InChI is InChI=1S/C13H13N5O2S/c1-2-18-9(5-6-15-18)12(19)14-8-11-16-13(20-17-11)10-4-3-7-21-10/h3-7H,2,8H2,1H3,(H,14,19). The van der Waals surface area contributed by atoms with Crippen molar-refractivity contribution < 1.29 is 9.32 Å². The first-order chi connectivity index (χ1) is 10.3. The van der Waals surface area contributed by atoms with Crippen LogP contribution in [0.25, 0.3) is 10.8 Å². The topological polar surface area (TPSA) is 85.8 Å². The average molecular weight is 303 g/mol. The molecule has 0 atom stereocenters. The molecule has 0 spiro atoms. The van der Waals surface area contributed by atoms with Crippen LogP contribution in [-0.4, -0.2) is 25.8 Å². The van der Waals surface area contributed by atoms with Gasteiger partial charge in [-0.3, -0.25) is 9.48 Å². The van der Waals surface area contributed by atoms with Gasteiger partial charge in [-0.25, -0.2) is 0 Å². The monoisotopic (exact) mass is 303 g/mol. The van der Waals surface area contributed by atoms with Crippen molar-refractivity contribution >= 4 is 17.2 Å². The quantitative estimate of drug-likeness (QED) is 0.778. The third kappa shape index (κ3) is 2.84. The number of aryl methyl sites for hydroxylation is 1. The fraction of sp³-hybridized carbons (Fsp3) is 0.231. The van der Waals surface area contributed by atoms with Gasteiger partial charge in [0.1, 0.15) is 5.69 Å². The highest BCUT2D eigenvalue weighted by Gasteiger charge is 2.13. The Morgan fingerprint density at radius 2 is 2.38 bits per heavy atom. The largest absolute Gasteiger partial charge is 0.343 e. The number of hydrogen-bond acceptors (Lipinski definition) is 6. The normalized spacial score (nSPS) is 10.7. The molecule has 8 heteroatoms. The molecule has 0 radical (unpaired) electrons. The maximum Gasteiger partial charge on any atom is 0.269 e. The van der Waals surface area contributed by atoms with Crippen LogP contribution in [0.4, 0.5) is 0 Å². The summed E-state index contributed by atoms with van der Waals surface area (Å²) in [6.07, 6.45) is 1.60. The molecular formula is C13H13N5O2S. The minimum atomic E-state index is -0.211. The van der Waals surface area contributed by atoms with E-state index in [1.54, 1.807) is 16.9 Å². The first-order valence-electron chi connectivity index (χ1n) is 6.44. The molecule has 3 rings (SSSR count). The van der Waals surface area contributed by atoms with E-state index in [0.29, 0.717) is 24.0 Å². The molecule has 3 aromatic rings. The summed E-state index contributed by atoms with van der Waals surface area (Å²) in [5.74, 6) is 0.694. The van der Waals surface area contributed by atoms with Gasteiger partial charge in [0.2, 0.25) is 0 Å². The molecular weight excluding hydrogens is 290 g/mol. The first-order valence-corrected chi connectivity index (χ1v) is 7.32. The molecule has 21 heavy (non-hydrogen) atoms. The van der Waals surface area contributed by atoms with Crippen molar-refractivity contribution in [1.82, 2.24) is 25.2 Å². The third-order valence-corrected chi connectivity index (χ3v) is 3.71. The maximum absolute atomic E-state index is 12.0. The van der Waals surface area contributed by atoms with Crippen LogP contribution in [-0.2, 0) is 13.1 Å². The van der Waals surface area contributed by atoms with Crippen LogP contribution in [0.3, 0.4) is 0 Å². The highest BCUT2D eigenvalue weighted by molar-refractivity contribution is 7.13. The number of thiophene rings is 1. The van der Waals surface area contributed by atoms with Gasteiger partial charge in [-0.15, -0.1) is 11.3 Å². The molecule has 0 saturated carbocycles. The van der Waals surface area contributed by atoms with E-state index in [2.05, 4.69) is 20.6 Å². The van der Waals surface area contributed by atoms with Crippen LogP contribution >= 0.6 is 11.3 Å². The molecule has 0 unspecified atom stereocenters. The molecule has 7 nitrogen and oxygen atoms in total. The van der Waals surface area contributed by atoms with E-state index in [4.69, 9.17) is 4.52 Å². The average Bonchev–Trinajstić information content (AvgIpc) is 3.24. The zero-order valence-electron chi connectivity index (χ0n) is 11.3. The Labute approximate surface area is 124 Å². The summed E-state index contributed by atoms with van der Waals surface area (Å²) < 4.78 is 6.78. The highest BCUT2D eigenvalue weighted by Crippen LogP contribution is 2.22. The third-order valence-electron chi connectivity index (χ3n) is 2.86. The van der Waals surface area contributed by atoms with Crippen LogP contribution in [0.2, 0.25) is 0 Å². The number of rotatable bonds is 5. The number of hydrogen-bond donors (Lipinski definition) is 1. The number of carbonyl (C=O) groups excluding carboxylic acids is 1. The van der Waals surface area contributed by atoms with Gasteiger partial charge in [-0.1, -0.05) is 11.2 Å². The Morgan fingerprint density at radius 3 is 3.14 bits per heavy atom. The zero-order chi connectivity index (χ0) is 14.7. The Bertz CT molecular complexity index is 731. The van der Waals surface area contributed by atoms with Gasteiger partial charge in [-0.2, -0.15) is 10.1 Å². The second-order valence-electron chi connectivity index (χ2n) is 4.21. The van der Waals surface area contributed by atoms with Crippen LogP contribution in [0.1, 0.15) is 23.2 Å². The second kappa shape index (κ2) is 5.88. The van der Waals surface area contributed by atoms with Crippen molar-refractivity contribution in [3.63, 3.8) is 0 Å². The zero-order valence-corrected chi connectivity index (χ0v) is 12.1. The number of nitrogens with one attached hydrogen (secondary N) is 1. The van der Waals surface area contributed by atoms with Crippen LogP contribution in [0.15, 0.2) is 34.3 Å². The molecule has 0 aliphatic heterocycles. The second-order valence-corrected chi connectivity index (χ2v) is 5.16. The summed E-state index contributed by atoms with van der Waals surface area (Å²) >= 11 is 1.52. The van der Waals surface area contributed by atoms with Crippen molar-refractivity contribution in [2.75, 3.05) is 0 Å². The predicted octanol–water partition coefficient (Wildman–Crippen LogP) is 1.94. The SMILES string of the molecule is CCn1nccc1C(=O)NCc1noc(-c2cccs2)n1. The maximum atomic E-state index is 12.0.